The van der Waals surface area contributed by atoms with Gasteiger partial charge in [-0.15, -0.1) is 0 Å². The molecule has 4 nitrogen and oxygen atoms in total. The topological polar surface area (TPSA) is 39.7 Å². The van der Waals surface area contributed by atoms with Crippen molar-refractivity contribution in [2.45, 2.75) is 32.9 Å². The lowest BCUT2D eigenvalue weighted by atomic mass is 9.86. The van der Waals surface area contributed by atoms with Gasteiger partial charge in [-0.3, -0.25) is 9.89 Å². The maximum atomic E-state index is 12.5. The van der Waals surface area contributed by atoms with Gasteiger partial charge in [0.2, 0.25) is 0 Å². The number of likely N-dealkylation sites (tertiary alicyclic amines) is 1. The number of nitrogens with zero attached hydrogens (tertiary/aromatic N) is 2. The van der Waals surface area contributed by atoms with Crippen molar-refractivity contribution in [1.82, 2.24) is 15.5 Å². The van der Waals surface area contributed by atoms with Gasteiger partial charge in [0, 0.05) is 31.7 Å². The lowest BCUT2D eigenvalue weighted by Crippen LogP contribution is -2.44. The number of alkyl halides is 3. The molecule has 0 saturated carbocycles. The minimum Gasteiger partial charge on any atom is -0.356 e. The minimum atomic E-state index is -4.13. The number of rotatable bonds is 7. The molecule has 0 amide bonds. The van der Waals surface area contributed by atoms with Crippen LogP contribution in [0.5, 0.6) is 0 Å². The monoisotopic (exact) mass is 418 g/mol. The van der Waals surface area contributed by atoms with Crippen LogP contribution >= 0.6 is 11.6 Å². The molecule has 1 aliphatic rings. The molecule has 2 N–H and O–H groups in total. The Labute approximate surface area is 170 Å². The highest BCUT2D eigenvalue weighted by Crippen LogP contribution is 2.23. The molecule has 1 saturated heterocycles. The third kappa shape index (κ3) is 8.27. The zero-order chi connectivity index (χ0) is 20.8. The fourth-order valence-corrected chi connectivity index (χ4v) is 3.74. The van der Waals surface area contributed by atoms with Crippen LogP contribution in [0.15, 0.2) is 29.3 Å². The van der Waals surface area contributed by atoms with E-state index in [9.17, 15) is 13.2 Å². The Balaban J connectivity index is 1.75. The average molecular weight is 419 g/mol. The van der Waals surface area contributed by atoms with E-state index in [1.54, 1.807) is 7.05 Å². The highest BCUT2D eigenvalue weighted by Gasteiger charge is 2.34. The molecular formula is C20H30ClF3N4. The maximum Gasteiger partial charge on any atom is 0.401 e. The van der Waals surface area contributed by atoms with Crippen molar-refractivity contribution in [3.05, 3.63) is 34.9 Å². The summed E-state index contributed by atoms with van der Waals surface area (Å²) in [5.74, 6) is 0.869. The van der Waals surface area contributed by atoms with Crippen molar-refractivity contribution in [3.63, 3.8) is 0 Å². The maximum absolute atomic E-state index is 12.5. The predicted molar refractivity (Wildman–Crippen MR) is 109 cm³/mol. The molecule has 1 fully saturated rings. The molecule has 1 heterocycles. The molecule has 0 aliphatic carbocycles. The molecular weight excluding hydrogens is 389 g/mol. The normalized spacial score (nSPS) is 19.1. The standard InChI is InChI=1S/C20H30ClF3N4/c1-19(2,10-15-5-4-6-17(21)9-15)13-27-18(25-3)26-11-16-7-8-28(12-16)14-20(22,23)24/h4-6,9,16H,7-8,10-14H2,1-3H3,(H2,25,26,27). The summed E-state index contributed by atoms with van der Waals surface area (Å²) >= 11 is 6.06. The first kappa shape index (κ1) is 22.8. The fraction of sp³-hybridized carbons (Fsp3) is 0.650. The van der Waals surface area contributed by atoms with E-state index in [0.717, 1.165) is 17.9 Å². The quantitative estimate of drug-likeness (QED) is 0.520. The lowest BCUT2D eigenvalue weighted by molar-refractivity contribution is -0.143. The van der Waals surface area contributed by atoms with E-state index in [0.29, 0.717) is 32.1 Å². The largest absolute Gasteiger partial charge is 0.401 e. The van der Waals surface area contributed by atoms with Gasteiger partial charge in [-0.05, 0) is 48.4 Å². The third-order valence-electron chi connectivity index (χ3n) is 4.86. The molecule has 0 bridgehead atoms. The molecule has 1 atom stereocenters. The fourth-order valence-electron chi connectivity index (χ4n) is 3.52. The first-order chi connectivity index (χ1) is 13.1. The number of hydrogen-bond donors (Lipinski definition) is 2. The summed E-state index contributed by atoms with van der Waals surface area (Å²) in [7, 11) is 1.70. The summed E-state index contributed by atoms with van der Waals surface area (Å²) in [5, 5.41) is 7.31. The van der Waals surface area contributed by atoms with Crippen LogP contribution in [-0.4, -0.2) is 56.8 Å². The second kappa shape index (κ2) is 9.83. The Morgan fingerprint density at radius 3 is 2.68 bits per heavy atom. The van der Waals surface area contributed by atoms with Crippen molar-refractivity contribution in [2.24, 2.45) is 16.3 Å². The van der Waals surface area contributed by atoms with Crippen molar-refractivity contribution in [3.8, 4) is 0 Å². The number of guanidine groups is 1. The molecule has 1 unspecified atom stereocenters. The van der Waals surface area contributed by atoms with Crippen LogP contribution in [0, 0.1) is 11.3 Å². The number of nitrogens with one attached hydrogen (secondary N) is 2. The van der Waals surface area contributed by atoms with Crippen LogP contribution in [0.1, 0.15) is 25.8 Å². The highest BCUT2D eigenvalue weighted by atomic mass is 35.5. The SMILES string of the molecule is CN=C(NCC1CCN(CC(F)(F)F)C1)NCC(C)(C)Cc1cccc(Cl)c1. The molecule has 158 valence electrons. The second-order valence-corrected chi connectivity index (χ2v) is 8.72. The number of halogens is 4. The van der Waals surface area contributed by atoms with E-state index >= 15 is 0 Å². The summed E-state index contributed by atoms with van der Waals surface area (Å²) in [6.07, 6.45) is -2.50. The van der Waals surface area contributed by atoms with Gasteiger partial charge in [-0.25, -0.2) is 0 Å². The van der Waals surface area contributed by atoms with Crippen molar-refractivity contribution < 1.29 is 13.2 Å². The lowest BCUT2D eigenvalue weighted by Gasteiger charge is -2.27. The van der Waals surface area contributed by atoms with Crippen LogP contribution in [-0.2, 0) is 6.42 Å². The summed E-state index contributed by atoms with van der Waals surface area (Å²) in [4.78, 5) is 5.70. The van der Waals surface area contributed by atoms with E-state index in [4.69, 9.17) is 11.6 Å². The van der Waals surface area contributed by atoms with Crippen LogP contribution < -0.4 is 10.6 Å². The van der Waals surface area contributed by atoms with Gasteiger partial charge in [-0.1, -0.05) is 37.6 Å². The zero-order valence-corrected chi connectivity index (χ0v) is 17.5. The van der Waals surface area contributed by atoms with E-state index < -0.39 is 12.7 Å². The Morgan fingerprint density at radius 2 is 2.04 bits per heavy atom. The summed E-state index contributed by atoms with van der Waals surface area (Å²) < 4.78 is 37.5. The molecule has 0 aromatic heterocycles. The summed E-state index contributed by atoms with van der Waals surface area (Å²) in [6, 6.07) is 7.85. The van der Waals surface area contributed by atoms with Gasteiger partial charge in [-0.2, -0.15) is 13.2 Å². The first-order valence-corrected chi connectivity index (χ1v) is 9.92. The van der Waals surface area contributed by atoms with E-state index in [1.165, 1.54) is 10.5 Å². The Bertz CT molecular complexity index is 661. The smallest absolute Gasteiger partial charge is 0.356 e. The van der Waals surface area contributed by atoms with Crippen LogP contribution in [0.2, 0.25) is 5.02 Å². The molecule has 0 spiro atoms. The van der Waals surface area contributed by atoms with Gasteiger partial charge in [0.1, 0.15) is 0 Å². The minimum absolute atomic E-state index is 0.0147. The van der Waals surface area contributed by atoms with Gasteiger partial charge < -0.3 is 10.6 Å². The van der Waals surface area contributed by atoms with Gasteiger partial charge in [0.25, 0.3) is 0 Å². The predicted octanol–water partition coefficient (Wildman–Crippen LogP) is 3.96. The second-order valence-electron chi connectivity index (χ2n) is 8.28. The number of aliphatic imine (C=N–C) groups is 1. The number of hydrogen-bond acceptors (Lipinski definition) is 2. The van der Waals surface area contributed by atoms with Gasteiger partial charge in [0.05, 0.1) is 6.54 Å². The molecule has 1 aliphatic heterocycles. The van der Waals surface area contributed by atoms with Crippen molar-refractivity contribution in [2.75, 3.05) is 39.8 Å². The summed E-state index contributed by atoms with van der Waals surface area (Å²) in [6.45, 7) is 5.79. The van der Waals surface area contributed by atoms with Gasteiger partial charge in [0.15, 0.2) is 5.96 Å². The molecule has 1 aromatic carbocycles. The first-order valence-electron chi connectivity index (χ1n) is 9.54. The number of benzene rings is 1. The van der Waals surface area contributed by atoms with Crippen LogP contribution in [0.4, 0.5) is 13.2 Å². The zero-order valence-electron chi connectivity index (χ0n) is 16.7. The highest BCUT2D eigenvalue weighted by molar-refractivity contribution is 6.30. The third-order valence-corrected chi connectivity index (χ3v) is 5.10. The Morgan fingerprint density at radius 1 is 1.29 bits per heavy atom. The molecule has 8 heteroatoms. The molecule has 28 heavy (non-hydrogen) atoms. The Hall–Kier alpha value is -1.47. The van der Waals surface area contributed by atoms with Gasteiger partial charge >= 0.3 is 6.18 Å². The molecule has 2 rings (SSSR count). The van der Waals surface area contributed by atoms with E-state index in [-0.39, 0.29) is 11.3 Å². The molecule has 1 aromatic rings. The Kier molecular flexibility index (Phi) is 8.01. The average Bonchev–Trinajstić information content (AvgIpc) is 3.00. The van der Waals surface area contributed by atoms with Crippen molar-refractivity contribution in [1.29, 1.82) is 0 Å². The van der Waals surface area contributed by atoms with E-state index in [2.05, 4.69) is 35.5 Å². The van der Waals surface area contributed by atoms with E-state index in [1.807, 2.05) is 18.2 Å². The summed E-state index contributed by atoms with van der Waals surface area (Å²) in [5.41, 5.74) is 1.16. The van der Waals surface area contributed by atoms with Crippen molar-refractivity contribution >= 4 is 17.6 Å². The molecule has 0 radical (unpaired) electrons. The van der Waals surface area contributed by atoms with Crippen LogP contribution in [0.3, 0.4) is 0 Å². The van der Waals surface area contributed by atoms with Crippen LogP contribution in [0.25, 0.3) is 0 Å².